The second-order valence-electron chi connectivity index (χ2n) is 8.17. The molecule has 3 aromatic rings. The molecule has 1 atom stereocenters. The minimum atomic E-state index is -0.848. The van der Waals surface area contributed by atoms with Crippen molar-refractivity contribution in [3.05, 3.63) is 48.0 Å². The van der Waals surface area contributed by atoms with Crippen molar-refractivity contribution in [3.8, 4) is 28.6 Å². The second-order valence-corrected chi connectivity index (χ2v) is 9.15. The number of amides is 1. The van der Waals surface area contributed by atoms with E-state index >= 15 is 0 Å². The van der Waals surface area contributed by atoms with Gasteiger partial charge in [0.25, 0.3) is 0 Å². The molecule has 0 N–H and O–H groups in total. The van der Waals surface area contributed by atoms with E-state index in [-0.39, 0.29) is 12.3 Å². The van der Waals surface area contributed by atoms with E-state index in [1.807, 2.05) is 37.3 Å². The summed E-state index contributed by atoms with van der Waals surface area (Å²) in [5.41, 5.74) is 2.52. The number of aromatic nitrogens is 3. The highest BCUT2D eigenvalue weighted by atomic mass is 32.2. The standard InChI is InChI=1S/C25H28N4O4S/c1-6-21(30)29-19-10-8-7-9-17(19)22-23(26-25(28-27-22)34-14-15(2)3)33-24(29)18-13-16(31-4)11-12-20(18)32-5/h7-13,15,24H,6,14H2,1-5H3. The van der Waals surface area contributed by atoms with Gasteiger partial charge in [-0.25, -0.2) is 0 Å². The van der Waals surface area contributed by atoms with Crippen LogP contribution in [0.3, 0.4) is 0 Å². The molecule has 2 aromatic carbocycles. The first-order valence-corrected chi connectivity index (χ1v) is 12.1. The molecule has 8 nitrogen and oxygen atoms in total. The molecule has 1 amide bonds. The van der Waals surface area contributed by atoms with Gasteiger partial charge in [-0.15, -0.1) is 10.2 Å². The van der Waals surface area contributed by atoms with Crippen LogP contribution >= 0.6 is 11.8 Å². The summed E-state index contributed by atoms with van der Waals surface area (Å²) in [6.07, 6.45) is -0.564. The Morgan fingerprint density at radius 3 is 2.65 bits per heavy atom. The van der Waals surface area contributed by atoms with E-state index in [1.165, 1.54) is 11.8 Å². The lowest BCUT2D eigenvalue weighted by molar-refractivity contribution is -0.120. The quantitative estimate of drug-likeness (QED) is 0.430. The summed E-state index contributed by atoms with van der Waals surface area (Å²) in [4.78, 5) is 19.7. The van der Waals surface area contributed by atoms with Crippen LogP contribution in [0.4, 0.5) is 5.69 Å². The SMILES string of the molecule is CCC(=O)N1c2ccccc2-c2nnc(SCC(C)C)nc2OC1c1cc(OC)ccc1OC. The zero-order chi connectivity index (χ0) is 24.2. The molecule has 4 rings (SSSR count). The van der Waals surface area contributed by atoms with Crippen molar-refractivity contribution < 1.29 is 19.0 Å². The van der Waals surface area contributed by atoms with Gasteiger partial charge in [0.2, 0.25) is 23.2 Å². The highest BCUT2D eigenvalue weighted by Gasteiger charge is 2.37. The molecule has 2 heterocycles. The molecule has 9 heteroatoms. The first-order valence-electron chi connectivity index (χ1n) is 11.1. The summed E-state index contributed by atoms with van der Waals surface area (Å²) in [6, 6.07) is 13.0. The molecule has 0 radical (unpaired) electrons. The number of methoxy groups -OCH3 is 2. The van der Waals surface area contributed by atoms with Crippen molar-refractivity contribution in [2.24, 2.45) is 5.92 Å². The normalized spacial score (nSPS) is 14.6. The Morgan fingerprint density at radius 2 is 1.94 bits per heavy atom. The fourth-order valence-electron chi connectivity index (χ4n) is 3.69. The predicted octanol–water partition coefficient (Wildman–Crippen LogP) is 5.14. The van der Waals surface area contributed by atoms with Gasteiger partial charge < -0.3 is 14.2 Å². The number of hydrogen-bond acceptors (Lipinski definition) is 8. The van der Waals surface area contributed by atoms with Gasteiger partial charge in [0.05, 0.1) is 25.5 Å². The average molecular weight is 481 g/mol. The lowest BCUT2D eigenvalue weighted by Crippen LogP contribution is -2.37. The Hall–Kier alpha value is -3.33. The van der Waals surface area contributed by atoms with Gasteiger partial charge in [-0.2, -0.15) is 4.98 Å². The number of nitrogens with zero attached hydrogens (tertiary/aromatic N) is 4. The third-order valence-electron chi connectivity index (χ3n) is 5.33. The Bertz CT molecular complexity index is 1190. The van der Waals surface area contributed by atoms with E-state index in [4.69, 9.17) is 19.2 Å². The van der Waals surface area contributed by atoms with Crippen LogP contribution in [0.5, 0.6) is 17.4 Å². The number of carbonyl (C=O) groups excluding carboxylic acids is 1. The monoisotopic (exact) mass is 480 g/mol. The number of ether oxygens (including phenoxy) is 3. The van der Waals surface area contributed by atoms with E-state index in [0.717, 1.165) is 11.3 Å². The van der Waals surface area contributed by atoms with Crippen LogP contribution in [-0.4, -0.2) is 41.1 Å². The van der Waals surface area contributed by atoms with E-state index in [1.54, 1.807) is 31.3 Å². The van der Waals surface area contributed by atoms with Crippen molar-refractivity contribution in [1.82, 2.24) is 15.2 Å². The van der Waals surface area contributed by atoms with Crippen LogP contribution in [-0.2, 0) is 4.79 Å². The Labute approximate surface area is 203 Å². The number of fused-ring (bicyclic) bond motifs is 3. The van der Waals surface area contributed by atoms with Crippen molar-refractivity contribution in [3.63, 3.8) is 0 Å². The Kier molecular flexibility index (Phi) is 7.21. The second kappa shape index (κ2) is 10.3. The summed E-state index contributed by atoms with van der Waals surface area (Å²) in [5.74, 6) is 2.71. The molecule has 1 aromatic heterocycles. The molecule has 0 bridgehead atoms. The zero-order valence-corrected chi connectivity index (χ0v) is 20.8. The zero-order valence-electron chi connectivity index (χ0n) is 19.9. The summed E-state index contributed by atoms with van der Waals surface area (Å²) in [6.45, 7) is 6.09. The van der Waals surface area contributed by atoms with Gasteiger partial charge in [0, 0.05) is 17.7 Å². The molecule has 1 unspecified atom stereocenters. The first kappa shape index (κ1) is 23.8. The molecular formula is C25H28N4O4S. The van der Waals surface area contributed by atoms with E-state index in [2.05, 4.69) is 24.0 Å². The minimum Gasteiger partial charge on any atom is -0.497 e. The molecule has 0 aliphatic carbocycles. The summed E-state index contributed by atoms with van der Waals surface area (Å²) in [5, 5.41) is 9.32. The lowest BCUT2D eigenvalue weighted by Gasteiger charge is -2.31. The number of para-hydroxylation sites is 1. The predicted molar refractivity (Wildman–Crippen MR) is 132 cm³/mol. The largest absolute Gasteiger partial charge is 0.497 e. The molecule has 0 spiro atoms. The minimum absolute atomic E-state index is 0.113. The van der Waals surface area contributed by atoms with Gasteiger partial charge in [-0.05, 0) is 30.2 Å². The molecule has 1 aliphatic heterocycles. The maximum atomic E-state index is 13.3. The summed E-state index contributed by atoms with van der Waals surface area (Å²) >= 11 is 1.52. The fraction of sp³-hybridized carbons (Fsp3) is 0.360. The number of rotatable bonds is 7. The fourth-order valence-corrected chi connectivity index (χ4v) is 4.42. The smallest absolute Gasteiger partial charge is 0.247 e. The molecule has 0 saturated heterocycles. The van der Waals surface area contributed by atoms with Crippen LogP contribution < -0.4 is 19.1 Å². The van der Waals surface area contributed by atoms with Crippen LogP contribution in [0, 0.1) is 5.92 Å². The van der Waals surface area contributed by atoms with Crippen LogP contribution in [0.1, 0.15) is 39.0 Å². The highest BCUT2D eigenvalue weighted by molar-refractivity contribution is 7.99. The Balaban J connectivity index is 1.93. The number of hydrogen-bond donors (Lipinski definition) is 0. The van der Waals surface area contributed by atoms with Crippen molar-refractivity contribution in [2.45, 2.75) is 38.6 Å². The number of anilines is 1. The average Bonchev–Trinajstić information content (AvgIpc) is 3.00. The molecular weight excluding hydrogens is 452 g/mol. The topological polar surface area (TPSA) is 86.7 Å². The summed E-state index contributed by atoms with van der Waals surface area (Å²) in [7, 11) is 3.18. The number of carbonyl (C=O) groups is 1. The van der Waals surface area contributed by atoms with Gasteiger partial charge in [0.1, 0.15) is 11.5 Å². The van der Waals surface area contributed by atoms with Gasteiger partial charge in [-0.3, -0.25) is 9.69 Å². The maximum absolute atomic E-state index is 13.3. The van der Waals surface area contributed by atoms with Gasteiger partial charge in [0.15, 0.2) is 5.69 Å². The summed E-state index contributed by atoms with van der Waals surface area (Å²) < 4.78 is 17.6. The third-order valence-corrected chi connectivity index (χ3v) is 6.60. The van der Waals surface area contributed by atoms with Crippen molar-refractivity contribution in [1.29, 1.82) is 0 Å². The van der Waals surface area contributed by atoms with E-state index in [9.17, 15) is 4.79 Å². The van der Waals surface area contributed by atoms with Gasteiger partial charge >= 0.3 is 0 Å². The van der Waals surface area contributed by atoms with Crippen molar-refractivity contribution in [2.75, 3.05) is 24.9 Å². The maximum Gasteiger partial charge on any atom is 0.247 e. The molecule has 1 aliphatic rings. The lowest BCUT2D eigenvalue weighted by atomic mass is 10.1. The van der Waals surface area contributed by atoms with Crippen molar-refractivity contribution >= 4 is 23.4 Å². The molecule has 0 saturated carbocycles. The Morgan fingerprint density at radius 1 is 1.15 bits per heavy atom. The molecule has 178 valence electrons. The van der Waals surface area contributed by atoms with Crippen LogP contribution in [0.25, 0.3) is 11.3 Å². The van der Waals surface area contributed by atoms with Crippen LogP contribution in [0.15, 0.2) is 47.6 Å². The molecule has 0 fully saturated rings. The van der Waals surface area contributed by atoms with Crippen LogP contribution in [0.2, 0.25) is 0 Å². The van der Waals surface area contributed by atoms with E-state index in [0.29, 0.717) is 45.4 Å². The van der Waals surface area contributed by atoms with E-state index < -0.39 is 6.23 Å². The highest BCUT2D eigenvalue weighted by Crippen LogP contribution is 2.45. The molecule has 34 heavy (non-hydrogen) atoms. The first-order chi connectivity index (χ1) is 16.5. The number of thioether (sulfide) groups is 1. The van der Waals surface area contributed by atoms with Gasteiger partial charge in [-0.1, -0.05) is 50.7 Å². The third kappa shape index (κ3) is 4.65. The number of benzene rings is 2.